The van der Waals surface area contributed by atoms with Crippen molar-refractivity contribution in [1.29, 1.82) is 0 Å². The van der Waals surface area contributed by atoms with Gasteiger partial charge in [0.15, 0.2) is 11.6 Å². The van der Waals surface area contributed by atoms with Crippen LogP contribution in [0, 0.1) is 5.82 Å². The van der Waals surface area contributed by atoms with E-state index in [0.717, 1.165) is 18.6 Å². The number of hydrogen-bond acceptors (Lipinski definition) is 4. The van der Waals surface area contributed by atoms with Crippen molar-refractivity contribution in [2.24, 2.45) is 0 Å². The Hall–Kier alpha value is -1.63. The molecule has 0 aliphatic carbocycles. The Bertz CT molecular complexity index is 423. The third-order valence-corrected chi connectivity index (χ3v) is 2.61. The smallest absolute Gasteiger partial charge is 0.387 e. The van der Waals surface area contributed by atoms with E-state index < -0.39 is 18.2 Å². The Labute approximate surface area is 102 Å². The van der Waals surface area contributed by atoms with Crippen molar-refractivity contribution in [2.45, 2.75) is 19.1 Å². The third-order valence-electron chi connectivity index (χ3n) is 2.61. The van der Waals surface area contributed by atoms with Crippen molar-refractivity contribution in [3.05, 3.63) is 17.9 Å². The minimum absolute atomic E-state index is 0.0390. The monoisotopic (exact) mass is 262 g/mol. The third kappa shape index (κ3) is 2.98. The van der Waals surface area contributed by atoms with Crippen LogP contribution < -0.4 is 15.8 Å². The summed E-state index contributed by atoms with van der Waals surface area (Å²) in [6.45, 7) is -1.95. The molecule has 1 saturated heterocycles. The Balaban J connectivity index is 2.17. The van der Waals surface area contributed by atoms with Crippen molar-refractivity contribution in [1.82, 2.24) is 0 Å². The highest BCUT2D eigenvalue weighted by Gasteiger charge is 2.18. The highest BCUT2D eigenvalue weighted by molar-refractivity contribution is 5.69. The fourth-order valence-electron chi connectivity index (χ4n) is 1.75. The molecule has 0 spiro atoms. The molecule has 1 atom stereocenters. The second-order valence-corrected chi connectivity index (χ2v) is 3.95. The van der Waals surface area contributed by atoms with Crippen LogP contribution in [0.1, 0.15) is 6.42 Å². The molecule has 0 amide bonds. The molecule has 0 aromatic heterocycles. The maximum absolute atomic E-state index is 13.3. The zero-order valence-electron chi connectivity index (χ0n) is 9.46. The summed E-state index contributed by atoms with van der Waals surface area (Å²) >= 11 is 0. The number of nitrogen functional groups attached to an aromatic ring is 1. The Morgan fingerprint density at radius 2 is 2.22 bits per heavy atom. The molecule has 1 aromatic rings. The molecule has 100 valence electrons. The topological polar surface area (TPSA) is 56.5 Å². The van der Waals surface area contributed by atoms with Crippen LogP contribution in [-0.4, -0.2) is 25.9 Å². The van der Waals surface area contributed by atoms with Crippen molar-refractivity contribution in [3.8, 4) is 5.75 Å². The van der Waals surface area contributed by atoms with E-state index in [1.165, 1.54) is 0 Å². The lowest BCUT2D eigenvalue weighted by Crippen LogP contribution is -2.20. The second kappa shape index (κ2) is 5.34. The van der Waals surface area contributed by atoms with Gasteiger partial charge in [-0.25, -0.2) is 4.39 Å². The molecular formula is C11H13F3N2O2. The number of ether oxygens (including phenoxy) is 2. The van der Waals surface area contributed by atoms with E-state index in [1.807, 2.05) is 0 Å². The van der Waals surface area contributed by atoms with Crippen LogP contribution in [0.25, 0.3) is 0 Å². The molecule has 0 bridgehead atoms. The Morgan fingerprint density at radius 1 is 1.44 bits per heavy atom. The van der Waals surface area contributed by atoms with Crippen LogP contribution in [0.2, 0.25) is 0 Å². The van der Waals surface area contributed by atoms with Gasteiger partial charge in [-0.1, -0.05) is 0 Å². The van der Waals surface area contributed by atoms with E-state index in [4.69, 9.17) is 10.5 Å². The van der Waals surface area contributed by atoms with Gasteiger partial charge < -0.3 is 20.5 Å². The van der Waals surface area contributed by atoms with Gasteiger partial charge in [0.1, 0.15) is 0 Å². The fraction of sp³-hybridized carbons (Fsp3) is 0.455. The van der Waals surface area contributed by atoms with Crippen LogP contribution >= 0.6 is 0 Å². The van der Waals surface area contributed by atoms with Gasteiger partial charge in [0.25, 0.3) is 0 Å². The van der Waals surface area contributed by atoms with Gasteiger partial charge in [-0.2, -0.15) is 8.78 Å². The summed E-state index contributed by atoms with van der Waals surface area (Å²) in [6, 6.07) is 2.13. The highest BCUT2D eigenvalue weighted by Crippen LogP contribution is 2.30. The summed E-state index contributed by atoms with van der Waals surface area (Å²) in [4.78, 5) is 0. The predicted octanol–water partition coefficient (Wildman–Crippen LogP) is 2.21. The number of halogens is 3. The zero-order valence-corrected chi connectivity index (χ0v) is 9.46. The van der Waals surface area contributed by atoms with Gasteiger partial charge in [0, 0.05) is 18.7 Å². The van der Waals surface area contributed by atoms with Crippen LogP contribution in [0.4, 0.5) is 24.5 Å². The molecule has 1 aliphatic heterocycles. The molecule has 4 nitrogen and oxygen atoms in total. The summed E-state index contributed by atoms with van der Waals surface area (Å²) in [5.74, 6) is -1.44. The first-order valence-corrected chi connectivity index (χ1v) is 5.44. The number of hydrogen-bond donors (Lipinski definition) is 2. The van der Waals surface area contributed by atoms with Crippen molar-refractivity contribution < 1.29 is 22.6 Å². The molecule has 3 N–H and O–H groups in total. The first kappa shape index (κ1) is 12.8. The molecule has 1 heterocycles. The zero-order chi connectivity index (χ0) is 13.1. The minimum atomic E-state index is -3.08. The molecule has 1 fully saturated rings. The molecule has 1 aromatic carbocycles. The minimum Gasteiger partial charge on any atom is -0.432 e. The molecule has 18 heavy (non-hydrogen) atoms. The molecule has 1 aliphatic rings. The average Bonchev–Trinajstić information content (AvgIpc) is 2.77. The summed E-state index contributed by atoms with van der Waals surface area (Å²) < 4.78 is 46.7. The van der Waals surface area contributed by atoms with E-state index in [9.17, 15) is 13.2 Å². The SMILES string of the molecule is Nc1cc(F)c(OC(F)F)cc1NC1CCOC1. The molecule has 2 rings (SSSR count). The van der Waals surface area contributed by atoms with E-state index in [1.54, 1.807) is 0 Å². The first-order valence-electron chi connectivity index (χ1n) is 5.44. The van der Waals surface area contributed by atoms with Crippen LogP contribution in [0.15, 0.2) is 12.1 Å². The Kier molecular flexibility index (Phi) is 3.81. The van der Waals surface area contributed by atoms with E-state index >= 15 is 0 Å². The maximum Gasteiger partial charge on any atom is 0.387 e. The maximum atomic E-state index is 13.3. The van der Waals surface area contributed by atoms with Crippen molar-refractivity contribution in [2.75, 3.05) is 24.3 Å². The summed E-state index contributed by atoms with van der Waals surface area (Å²) in [6.07, 6.45) is 0.780. The number of rotatable bonds is 4. The van der Waals surface area contributed by atoms with Crippen molar-refractivity contribution in [3.63, 3.8) is 0 Å². The number of nitrogens with two attached hydrogens (primary N) is 1. The van der Waals surface area contributed by atoms with Crippen LogP contribution in [0.3, 0.4) is 0 Å². The summed E-state index contributed by atoms with van der Waals surface area (Å²) in [7, 11) is 0. The van der Waals surface area contributed by atoms with E-state index in [2.05, 4.69) is 10.1 Å². The van der Waals surface area contributed by atoms with E-state index in [-0.39, 0.29) is 11.7 Å². The molecule has 0 saturated carbocycles. The largest absolute Gasteiger partial charge is 0.432 e. The average molecular weight is 262 g/mol. The van der Waals surface area contributed by atoms with Crippen molar-refractivity contribution >= 4 is 11.4 Å². The summed E-state index contributed by atoms with van der Waals surface area (Å²) in [5.41, 5.74) is 6.12. The van der Waals surface area contributed by atoms with Crippen LogP contribution in [-0.2, 0) is 4.74 Å². The standard InChI is InChI=1S/C11H13F3N2O2/c12-7-3-8(15)9(4-10(7)18-11(13)14)16-6-1-2-17-5-6/h3-4,6,11,16H,1-2,5,15H2. The van der Waals surface area contributed by atoms with E-state index in [0.29, 0.717) is 18.9 Å². The molecule has 7 heteroatoms. The van der Waals surface area contributed by atoms with Gasteiger partial charge in [-0.15, -0.1) is 0 Å². The normalized spacial score (nSPS) is 19.2. The van der Waals surface area contributed by atoms with Gasteiger partial charge in [0.2, 0.25) is 0 Å². The van der Waals surface area contributed by atoms with Crippen LogP contribution in [0.5, 0.6) is 5.75 Å². The lowest BCUT2D eigenvalue weighted by atomic mass is 10.2. The number of alkyl halides is 2. The van der Waals surface area contributed by atoms with Gasteiger partial charge in [-0.3, -0.25) is 0 Å². The fourth-order valence-corrected chi connectivity index (χ4v) is 1.75. The van der Waals surface area contributed by atoms with Gasteiger partial charge in [-0.05, 0) is 6.42 Å². The second-order valence-electron chi connectivity index (χ2n) is 3.95. The van der Waals surface area contributed by atoms with Gasteiger partial charge >= 0.3 is 6.61 Å². The highest BCUT2D eigenvalue weighted by atomic mass is 19.3. The number of benzene rings is 1. The quantitative estimate of drug-likeness (QED) is 0.817. The molecule has 0 radical (unpaired) electrons. The Morgan fingerprint density at radius 3 is 2.83 bits per heavy atom. The summed E-state index contributed by atoms with van der Waals surface area (Å²) in [5, 5.41) is 3.01. The lowest BCUT2D eigenvalue weighted by Gasteiger charge is -2.16. The molecule has 1 unspecified atom stereocenters. The molecular weight excluding hydrogens is 249 g/mol. The van der Waals surface area contributed by atoms with Gasteiger partial charge in [0.05, 0.1) is 24.0 Å². The lowest BCUT2D eigenvalue weighted by molar-refractivity contribution is -0.0521. The predicted molar refractivity (Wildman–Crippen MR) is 60.3 cm³/mol. The number of nitrogens with one attached hydrogen (secondary N) is 1. The number of anilines is 2. The first-order chi connectivity index (χ1) is 8.56.